The summed E-state index contributed by atoms with van der Waals surface area (Å²) >= 11 is 1.63. The minimum absolute atomic E-state index is 0.124. The number of hydrogen-bond donors (Lipinski definition) is 1. The smallest absolute Gasteiger partial charge is 0.219 e. The van der Waals surface area contributed by atoms with Crippen LogP contribution in [0.2, 0.25) is 0 Å². The van der Waals surface area contributed by atoms with Crippen molar-refractivity contribution < 1.29 is 4.79 Å². The molecule has 7 heteroatoms. The monoisotopic (exact) mass is 345 g/mol. The van der Waals surface area contributed by atoms with E-state index in [9.17, 15) is 4.79 Å². The van der Waals surface area contributed by atoms with Crippen molar-refractivity contribution in [3.8, 4) is 0 Å². The summed E-state index contributed by atoms with van der Waals surface area (Å²) in [5, 5.41) is 4.15. The quantitative estimate of drug-likeness (QED) is 0.924. The Kier molecular flexibility index (Phi) is 4.80. The van der Waals surface area contributed by atoms with Crippen molar-refractivity contribution in [2.24, 2.45) is 0 Å². The highest BCUT2D eigenvalue weighted by Gasteiger charge is 2.25. The van der Waals surface area contributed by atoms with Crippen LogP contribution in [0.25, 0.3) is 0 Å². The Balaban J connectivity index is 1.82. The van der Waals surface area contributed by atoms with Crippen molar-refractivity contribution >= 4 is 28.2 Å². The number of anilines is 2. The van der Waals surface area contributed by atoms with Gasteiger partial charge in [-0.2, -0.15) is 0 Å². The number of likely N-dealkylation sites (tertiary alicyclic amines) is 1. The number of aromatic nitrogens is 3. The van der Waals surface area contributed by atoms with Gasteiger partial charge in [-0.1, -0.05) is 0 Å². The Hall–Kier alpha value is -2.02. The van der Waals surface area contributed by atoms with E-state index in [2.05, 4.69) is 22.2 Å². The van der Waals surface area contributed by atoms with Gasteiger partial charge in [-0.25, -0.2) is 15.0 Å². The van der Waals surface area contributed by atoms with Crippen LogP contribution >= 0.6 is 11.3 Å². The Bertz CT molecular complexity index is 738. The molecule has 0 aliphatic carbocycles. The maximum atomic E-state index is 11.7. The fourth-order valence-corrected chi connectivity index (χ4v) is 3.77. The second-order valence-electron chi connectivity index (χ2n) is 6.34. The van der Waals surface area contributed by atoms with E-state index in [4.69, 9.17) is 4.98 Å². The summed E-state index contributed by atoms with van der Waals surface area (Å²) in [5.74, 6) is 1.90. The summed E-state index contributed by atoms with van der Waals surface area (Å²) in [4.78, 5) is 28.5. The van der Waals surface area contributed by atoms with Gasteiger partial charge in [-0.3, -0.25) is 4.79 Å². The molecule has 0 bridgehead atoms. The zero-order valence-electron chi connectivity index (χ0n) is 14.6. The number of hydrogen-bond acceptors (Lipinski definition) is 6. The highest BCUT2D eigenvalue weighted by atomic mass is 32.1. The Morgan fingerprint density at radius 2 is 2.08 bits per heavy atom. The number of carbonyl (C=O) groups is 1. The van der Waals surface area contributed by atoms with Gasteiger partial charge in [0.25, 0.3) is 0 Å². The molecule has 0 saturated carbocycles. The third-order valence-electron chi connectivity index (χ3n) is 4.37. The molecule has 24 heavy (non-hydrogen) atoms. The second-order valence-corrected chi connectivity index (χ2v) is 7.55. The molecule has 1 N–H and O–H groups in total. The first kappa shape index (κ1) is 16.8. The van der Waals surface area contributed by atoms with Crippen LogP contribution in [0.15, 0.2) is 6.07 Å². The number of nitrogens with zero attached hydrogens (tertiary/aromatic N) is 4. The summed E-state index contributed by atoms with van der Waals surface area (Å²) in [6, 6.07) is 1.93. The van der Waals surface area contributed by atoms with E-state index in [0.717, 1.165) is 47.5 Å². The van der Waals surface area contributed by atoms with Gasteiger partial charge in [0.05, 0.1) is 5.69 Å². The molecule has 0 spiro atoms. The van der Waals surface area contributed by atoms with Gasteiger partial charge in [0.15, 0.2) is 5.13 Å². The molecule has 2 aromatic heterocycles. The molecule has 1 fully saturated rings. The molecular formula is C17H23N5OS. The highest BCUT2D eigenvalue weighted by Crippen LogP contribution is 2.28. The SMILES string of the molecule is CC(=O)N1CCC[C@H](c2nc(C)cc(Nc3nc(C)c(C)s3)n2)C1. The number of piperidine rings is 1. The average Bonchev–Trinajstić information content (AvgIpc) is 2.84. The summed E-state index contributed by atoms with van der Waals surface area (Å²) < 4.78 is 0. The third-order valence-corrected chi connectivity index (χ3v) is 5.36. The zero-order valence-corrected chi connectivity index (χ0v) is 15.4. The lowest BCUT2D eigenvalue weighted by Gasteiger charge is -2.31. The largest absolute Gasteiger partial charge is 0.342 e. The standard InChI is InChI=1S/C17H23N5OS/c1-10-8-15(21-17-19-11(2)12(3)24-17)20-16(18-10)14-6-5-7-22(9-14)13(4)23/h8,14H,5-7,9H2,1-4H3,(H,18,19,20,21)/t14-/m0/s1. The van der Waals surface area contributed by atoms with Gasteiger partial charge in [-0.15, -0.1) is 11.3 Å². The number of rotatable bonds is 3. The van der Waals surface area contributed by atoms with Crippen LogP contribution in [0.3, 0.4) is 0 Å². The van der Waals surface area contributed by atoms with Crippen molar-refractivity contribution in [3.05, 3.63) is 28.2 Å². The molecule has 1 aliphatic rings. The van der Waals surface area contributed by atoms with Crippen molar-refractivity contribution in [2.75, 3.05) is 18.4 Å². The summed E-state index contributed by atoms with van der Waals surface area (Å²) in [6.07, 6.45) is 2.01. The average molecular weight is 345 g/mol. The van der Waals surface area contributed by atoms with Crippen LogP contribution < -0.4 is 5.32 Å². The van der Waals surface area contributed by atoms with Crippen LogP contribution in [0.4, 0.5) is 10.9 Å². The van der Waals surface area contributed by atoms with Crippen LogP contribution in [0.1, 0.15) is 47.8 Å². The Labute approximate surface area is 146 Å². The summed E-state index contributed by atoms with van der Waals surface area (Å²) in [5.41, 5.74) is 1.96. The van der Waals surface area contributed by atoms with Gasteiger partial charge in [-0.05, 0) is 33.6 Å². The number of thiazole rings is 1. The molecule has 2 aromatic rings. The number of nitrogens with one attached hydrogen (secondary N) is 1. The fourth-order valence-electron chi connectivity index (χ4n) is 2.95. The lowest BCUT2D eigenvalue weighted by molar-refractivity contribution is -0.130. The maximum Gasteiger partial charge on any atom is 0.219 e. The van der Waals surface area contributed by atoms with Gasteiger partial charge >= 0.3 is 0 Å². The molecule has 3 heterocycles. The second kappa shape index (κ2) is 6.84. The first-order valence-corrected chi connectivity index (χ1v) is 9.06. The van der Waals surface area contributed by atoms with E-state index >= 15 is 0 Å². The molecule has 1 atom stereocenters. The van der Waals surface area contributed by atoms with E-state index in [1.165, 1.54) is 4.88 Å². The van der Waals surface area contributed by atoms with Crippen LogP contribution in [0, 0.1) is 20.8 Å². The highest BCUT2D eigenvalue weighted by molar-refractivity contribution is 7.15. The van der Waals surface area contributed by atoms with Crippen LogP contribution in [-0.2, 0) is 4.79 Å². The van der Waals surface area contributed by atoms with E-state index in [0.29, 0.717) is 6.54 Å². The zero-order chi connectivity index (χ0) is 17.3. The van der Waals surface area contributed by atoms with Crippen LogP contribution in [-0.4, -0.2) is 38.8 Å². The van der Waals surface area contributed by atoms with E-state index in [1.807, 2.05) is 24.8 Å². The van der Waals surface area contributed by atoms with Crippen LogP contribution in [0.5, 0.6) is 0 Å². The fraction of sp³-hybridized carbons (Fsp3) is 0.529. The molecule has 1 saturated heterocycles. The minimum Gasteiger partial charge on any atom is -0.342 e. The number of carbonyl (C=O) groups excluding carboxylic acids is 1. The molecule has 6 nitrogen and oxygen atoms in total. The first-order valence-electron chi connectivity index (χ1n) is 8.24. The van der Waals surface area contributed by atoms with Gasteiger partial charge < -0.3 is 10.2 Å². The maximum absolute atomic E-state index is 11.7. The normalized spacial score (nSPS) is 17.8. The summed E-state index contributed by atoms with van der Waals surface area (Å²) in [7, 11) is 0. The lowest BCUT2D eigenvalue weighted by Crippen LogP contribution is -2.38. The lowest BCUT2D eigenvalue weighted by atomic mass is 9.97. The number of amides is 1. The van der Waals surface area contributed by atoms with Crippen molar-refractivity contribution in [2.45, 2.75) is 46.5 Å². The molecule has 0 radical (unpaired) electrons. The van der Waals surface area contributed by atoms with Crippen molar-refractivity contribution in [1.29, 1.82) is 0 Å². The molecule has 3 rings (SSSR count). The van der Waals surface area contributed by atoms with Crippen molar-refractivity contribution in [1.82, 2.24) is 19.9 Å². The van der Waals surface area contributed by atoms with Crippen molar-refractivity contribution in [3.63, 3.8) is 0 Å². The first-order chi connectivity index (χ1) is 11.4. The van der Waals surface area contributed by atoms with Gasteiger partial charge in [0, 0.05) is 42.6 Å². The third kappa shape index (κ3) is 3.72. The minimum atomic E-state index is 0.124. The molecule has 1 amide bonds. The predicted octanol–water partition coefficient (Wildman–Crippen LogP) is 3.33. The molecule has 1 aliphatic heterocycles. The number of aryl methyl sites for hydroxylation is 3. The van der Waals surface area contributed by atoms with Gasteiger partial charge in [0.2, 0.25) is 5.91 Å². The van der Waals surface area contributed by atoms with Gasteiger partial charge in [0.1, 0.15) is 11.6 Å². The van der Waals surface area contributed by atoms with E-state index in [-0.39, 0.29) is 11.8 Å². The topological polar surface area (TPSA) is 71.0 Å². The Morgan fingerprint density at radius 1 is 1.29 bits per heavy atom. The Morgan fingerprint density at radius 3 is 2.75 bits per heavy atom. The molecule has 128 valence electrons. The molecule has 0 unspecified atom stereocenters. The predicted molar refractivity (Wildman–Crippen MR) is 95.9 cm³/mol. The molecule has 0 aromatic carbocycles. The van der Waals surface area contributed by atoms with E-state index < -0.39 is 0 Å². The molecular weight excluding hydrogens is 322 g/mol. The van der Waals surface area contributed by atoms with E-state index in [1.54, 1.807) is 18.3 Å². The summed E-state index contributed by atoms with van der Waals surface area (Å²) in [6.45, 7) is 9.20.